The van der Waals surface area contributed by atoms with Crippen LogP contribution in [-0.4, -0.2) is 27.6 Å². The number of rotatable bonds is 3. The minimum Gasteiger partial charge on any atom is -0.465 e. The van der Waals surface area contributed by atoms with Crippen LogP contribution >= 0.6 is 12.2 Å². The average Bonchev–Trinajstić information content (AvgIpc) is 3.07. The molecule has 102 valence electrons. The summed E-state index contributed by atoms with van der Waals surface area (Å²) >= 11 is 5.29. The quantitative estimate of drug-likeness (QED) is 0.592. The van der Waals surface area contributed by atoms with Gasteiger partial charge in [0.1, 0.15) is 5.76 Å². The number of methoxy groups -OCH3 is 1. The molecule has 0 aliphatic carbocycles. The van der Waals surface area contributed by atoms with Crippen molar-refractivity contribution in [1.29, 1.82) is 0 Å². The van der Waals surface area contributed by atoms with E-state index in [9.17, 15) is 4.79 Å². The van der Waals surface area contributed by atoms with Crippen LogP contribution in [0.2, 0.25) is 0 Å². The number of oxazole rings is 1. The number of nitrogens with one attached hydrogen (secondary N) is 1. The molecule has 0 bridgehead atoms. The number of esters is 1. The largest absolute Gasteiger partial charge is 0.465 e. The van der Waals surface area contributed by atoms with Crippen LogP contribution in [0.25, 0.3) is 11.0 Å². The monoisotopic (exact) mass is 289 g/mol. The van der Waals surface area contributed by atoms with E-state index in [4.69, 9.17) is 21.4 Å². The Labute approximate surface area is 119 Å². The zero-order chi connectivity index (χ0) is 14.1. The summed E-state index contributed by atoms with van der Waals surface area (Å²) in [4.78, 5) is 18.6. The van der Waals surface area contributed by atoms with E-state index in [-0.39, 0.29) is 5.97 Å². The molecule has 0 atom stereocenters. The van der Waals surface area contributed by atoms with Crippen molar-refractivity contribution in [3.8, 4) is 0 Å². The standard InChI is InChI=1S/C13H11N3O3S/c1-18-12(17)8-2-3-10-11(4-8)16(13(20)15-10)6-9-5-14-7-19-9/h2-5,7H,6H2,1H3,(H,15,20). The maximum atomic E-state index is 11.6. The van der Waals surface area contributed by atoms with Crippen molar-refractivity contribution < 1.29 is 13.9 Å². The highest BCUT2D eigenvalue weighted by atomic mass is 32.1. The van der Waals surface area contributed by atoms with Gasteiger partial charge in [-0.25, -0.2) is 9.78 Å². The van der Waals surface area contributed by atoms with Crippen LogP contribution in [0.15, 0.2) is 35.2 Å². The van der Waals surface area contributed by atoms with Crippen LogP contribution in [0, 0.1) is 4.77 Å². The fourth-order valence-electron chi connectivity index (χ4n) is 2.03. The summed E-state index contributed by atoms with van der Waals surface area (Å²) < 4.78 is 12.3. The van der Waals surface area contributed by atoms with Gasteiger partial charge in [0.15, 0.2) is 11.2 Å². The Balaban J connectivity index is 2.12. The van der Waals surface area contributed by atoms with E-state index in [0.29, 0.717) is 22.6 Å². The van der Waals surface area contributed by atoms with Crippen LogP contribution in [0.4, 0.5) is 0 Å². The Bertz CT molecular complexity index is 817. The molecule has 0 fully saturated rings. The van der Waals surface area contributed by atoms with E-state index in [1.807, 2.05) is 4.57 Å². The molecule has 2 aromatic heterocycles. The second-order valence-electron chi connectivity index (χ2n) is 4.21. The second kappa shape index (κ2) is 4.93. The van der Waals surface area contributed by atoms with Crippen LogP contribution in [0.1, 0.15) is 16.1 Å². The van der Waals surface area contributed by atoms with E-state index in [1.54, 1.807) is 24.4 Å². The lowest BCUT2D eigenvalue weighted by Gasteiger charge is -2.03. The first-order valence-electron chi connectivity index (χ1n) is 5.87. The van der Waals surface area contributed by atoms with Crippen LogP contribution in [0.5, 0.6) is 0 Å². The van der Waals surface area contributed by atoms with Gasteiger partial charge in [0.25, 0.3) is 0 Å². The van der Waals surface area contributed by atoms with Gasteiger partial charge in [-0.2, -0.15) is 0 Å². The van der Waals surface area contributed by atoms with E-state index < -0.39 is 0 Å². The molecule has 1 aromatic carbocycles. The number of imidazole rings is 1. The molecule has 0 amide bonds. The number of aromatic nitrogens is 3. The van der Waals surface area contributed by atoms with Gasteiger partial charge in [-0.15, -0.1) is 0 Å². The number of ether oxygens (including phenoxy) is 1. The minimum atomic E-state index is -0.384. The Kier molecular flexibility index (Phi) is 3.11. The third-order valence-corrected chi connectivity index (χ3v) is 3.32. The molecular formula is C13H11N3O3S. The summed E-state index contributed by atoms with van der Waals surface area (Å²) in [5, 5.41) is 0. The zero-order valence-corrected chi connectivity index (χ0v) is 11.4. The third kappa shape index (κ3) is 2.12. The lowest BCUT2D eigenvalue weighted by molar-refractivity contribution is 0.0601. The Morgan fingerprint density at radius 2 is 2.40 bits per heavy atom. The van der Waals surface area contributed by atoms with Gasteiger partial charge in [-0.3, -0.25) is 0 Å². The van der Waals surface area contributed by atoms with E-state index in [0.717, 1.165) is 11.0 Å². The SMILES string of the molecule is COC(=O)c1ccc2[nH]c(=S)n(Cc3cnco3)c2c1. The molecular weight excluding hydrogens is 278 g/mol. The number of H-pyrrole nitrogens is 1. The molecule has 0 aliphatic heterocycles. The summed E-state index contributed by atoms with van der Waals surface area (Å²) in [6, 6.07) is 5.23. The van der Waals surface area contributed by atoms with E-state index >= 15 is 0 Å². The summed E-state index contributed by atoms with van der Waals surface area (Å²) in [6.45, 7) is 0.448. The summed E-state index contributed by atoms with van der Waals surface area (Å²) in [5.41, 5.74) is 2.14. The molecule has 0 saturated heterocycles. The molecule has 0 radical (unpaired) electrons. The Hall–Kier alpha value is -2.41. The number of nitrogens with zero attached hydrogens (tertiary/aromatic N) is 2. The third-order valence-electron chi connectivity index (χ3n) is 2.99. The van der Waals surface area contributed by atoms with Gasteiger partial charge in [0.2, 0.25) is 0 Å². The van der Waals surface area contributed by atoms with E-state index in [1.165, 1.54) is 13.5 Å². The van der Waals surface area contributed by atoms with Gasteiger partial charge in [0, 0.05) is 0 Å². The maximum Gasteiger partial charge on any atom is 0.337 e. The first-order valence-corrected chi connectivity index (χ1v) is 6.28. The van der Waals surface area contributed by atoms with E-state index in [2.05, 4.69) is 9.97 Å². The van der Waals surface area contributed by atoms with Crippen molar-refractivity contribution >= 4 is 29.2 Å². The fourth-order valence-corrected chi connectivity index (χ4v) is 2.30. The van der Waals surface area contributed by atoms with Gasteiger partial charge in [-0.05, 0) is 30.4 Å². The predicted molar refractivity (Wildman–Crippen MR) is 74.1 cm³/mol. The van der Waals surface area contributed by atoms with Gasteiger partial charge in [0.05, 0.1) is 36.4 Å². The van der Waals surface area contributed by atoms with Gasteiger partial charge < -0.3 is 18.7 Å². The highest BCUT2D eigenvalue weighted by molar-refractivity contribution is 7.71. The van der Waals surface area contributed by atoms with Gasteiger partial charge in [-0.1, -0.05) is 0 Å². The normalized spacial score (nSPS) is 10.8. The summed E-state index contributed by atoms with van der Waals surface area (Å²) in [7, 11) is 1.35. The van der Waals surface area contributed by atoms with Crippen LogP contribution in [-0.2, 0) is 11.3 Å². The highest BCUT2D eigenvalue weighted by Gasteiger charge is 2.11. The Morgan fingerprint density at radius 1 is 1.55 bits per heavy atom. The first kappa shape index (κ1) is 12.6. The fraction of sp³-hybridized carbons (Fsp3) is 0.154. The molecule has 0 aliphatic rings. The highest BCUT2D eigenvalue weighted by Crippen LogP contribution is 2.18. The lowest BCUT2D eigenvalue weighted by atomic mass is 10.2. The number of hydrogen-bond acceptors (Lipinski definition) is 5. The lowest BCUT2D eigenvalue weighted by Crippen LogP contribution is -2.02. The number of aromatic amines is 1. The van der Waals surface area contributed by atoms with Crippen molar-refractivity contribution in [3.63, 3.8) is 0 Å². The Morgan fingerprint density at radius 3 is 3.10 bits per heavy atom. The number of hydrogen-bond donors (Lipinski definition) is 1. The van der Waals surface area contributed by atoms with Crippen molar-refractivity contribution in [3.05, 3.63) is 46.9 Å². The molecule has 6 nitrogen and oxygen atoms in total. The molecule has 0 saturated carbocycles. The van der Waals surface area contributed by atoms with Crippen LogP contribution in [0.3, 0.4) is 0 Å². The molecule has 20 heavy (non-hydrogen) atoms. The number of fused-ring (bicyclic) bond motifs is 1. The molecule has 2 heterocycles. The van der Waals surface area contributed by atoms with Crippen molar-refractivity contribution in [2.24, 2.45) is 0 Å². The van der Waals surface area contributed by atoms with Crippen molar-refractivity contribution in [1.82, 2.24) is 14.5 Å². The first-order chi connectivity index (χ1) is 9.69. The number of carbonyl (C=O) groups excluding carboxylic acids is 1. The molecule has 7 heteroatoms. The predicted octanol–water partition coefficient (Wildman–Crippen LogP) is 2.52. The van der Waals surface area contributed by atoms with Crippen molar-refractivity contribution in [2.45, 2.75) is 6.54 Å². The molecule has 3 rings (SSSR count). The van der Waals surface area contributed by atoms with Gasteiger partial charge >= 0.3 is 5.97 Å². The number of benzene rings is 1. The topological polar surface area (TPSA) is 73.1 Å². The maximum absolute atomic E-state index is 11.6. The van der Waals surface area contributed by atoms with Crippen LogP contribution < -0.4 is 0 Å². The summed E-state index contributed by atoms with van der Waals surface area (Å²) in [5.74, 6) is 0.302. The summed E-state index contributed by atoms with van der Waals surface area (Å²) in [6.07, 6.45) is 3.00. The molecule has 1 N–H and O–H groups in total. The molecule has 0 unspecified atom stereocenters. The second-order valence-corrected chi connectivity index (χ2v) is 4.59. The average molecular weight is 289 g/mol. The zero-order valence-electron chi connectivity index (χ0n) is 10.6. The minimum absolute atomic E-state index is 0.384. The van der Waals surface area contributed by atoms with Crippen molar-refractivity contribution in [2.75, 3.05) is 7.11 Å². The number of carbonyl (C=O) groups is 1. The molecule has 3 aromatic rings. The smallest absolute Gasteiger partial charge is 0.337 e. The molecule has 0 spiro atoms.